The average molecular weight is 251 g/mol. The minimum absolute atomic E-state index is 0.334. The summed E-state index contributed by atoms with van der Waals surface area (Å²) in [5.74, 6) is 2.97. The maximum Gasteiger partial charge on any atom is 0.123 e. The number of benzene rings is 1. The van der Waals surface area contributed by atoms with Gasteiger partial charge in [-0.1, -0.05) is 31.2 Å². The molecule has 1 unspecified atom stereocenters. The lowest BCUT2D eigenvalue weighted by atomic mass is 10.1. The summed E-state index contributed by atoms with van der Waals surface area (Å²) in [6, 6.07) is 8.53. The summed E-state index contributed by atoms with van der Waals surface area (Å²) in [6.07, 6.45) is 1.94. The van der Waals surface area contributed by atoms with Crippen LogP contribution in [0, 0.1) is 0 Å². The molecule has 0 amide bonds. The van der Waals surface area contributed by atoms with Gasteiger partial charge in [-0.3, -0.25) is 0 Å². The number of hydrogen-bond acceptors (Lipinski definition) is 3. The highest BCUT2D eigenvalue weighted by atomic mass is 32.2. The molecule has 2 nitrogen and oxygen atoms in total. The topological polar surface area (TPSA) is 21.3 Å². The van der Waals surface area contributed by atoms with Crippen molar-refractivity contribution in [1.82, 2.24) is 5.32 Å². The van der Waals surface area contributed by atoms with Crippen molar-refractivity contribution < 1.29 is 4.74 Å². The molecule has 1 rings (SSSR count). The molecular weight excluding hydrogens is 230 g/mol. The standard InChI is InChI=1S/C14H21NOS/c1-4-10-17-11-13(15-5-2)12-8-6-7-9-14(12)16-3/h4,6-9,13,15H,1,5,10-11H2,2-3H3. The van der Waals surface area contributed by atoms with Crippen molar-refractivity contribution in [2.45, 2.75) is 13.0 Å². The zero-order valence-corrected chi connectivity index (χ0v) is 11.4. The summed E-state index contributed by atoms with van der Waals surface area (Å²) in [7, 11) is 1.72. The number of nitrogens with one attached hydrogen (secondary N) is 1. The third kappa shape index (κ3) is 4.44. The van der Waals surface area contributed by atoms with Crippen molar-refractivity contribution in [1.29, 1.82) is 0 Å². The van der Waals surface area contributed by atoms with Crippen LogP contribution in [0.3, 0.4) is 0 Å². The zero-order chi connectivity index (χ0) is 12.5. The van der Waals surface area contributed by atoms with E-state index in [1.165, 1.54) is 5.56 Å². The van der Waals surface area contributed by atoms with Gasteiger partial charge in [0.25, 0.3) is 0 Å². The van der Waals surface area contributed by atoms with Gasteiger partial charge in [0.15, 0.2) is 0 Å². The largest absolute Gasteiger partial charge is 0.496 e. The molecule has 1 aromatic carbocycles. The van der Waals surface area contributed by atoms with E-state index >= 15 is 0 Å². The molecule has 94 valence electrons. The number of para-hydroxylation sites is 1. The van der Waals surface area contributed by atoms with E-state index in [0.717, 1.165) is 23.8 Å². The average Bonchev–Trinajstić information content (AvgIpc) is 2.38. The smallest absolute Gasteiger partial charge is 0.123 e. The molecule has 0 aromatic heterocycles. The molecule has 0 spiro atoms. The van der Waals surface area contributed by atoms with E-state index in [0.29, 0.717) is 6.04 Å². The van der Waals surface area contributed by atoms with Crippen LogP contribution in [0.15, 0.2) is 36.9 Å². The summed E-state index contributed by atoms with van der Waals surface area (Å²) in [5, 5.41) is 3.50. The van der Waals surface area contributed by atoms with Crippen molar-refractivity contribution in [3.63, 3.8) is 0 Å². The van der Waals surface area contributed by atoms with Gasteiger partial charge in [-0.15, -0.1) is 6.58 Å². The quantitative estimate of drug-likeness (QED) is 0.566. The van der Waals surface area contributed by atoms with Gasteiger partial charge in [0.2, 0.25) is 0 Å². The van der Waals surface area contributed by atoms with E-state index < -0.39 is 0 Å². The Morgan fingerprint density at radius 2 is 2.24 bits per heavy atom. The van der Waals surface area contributed by atoms with Crippen LogP contribution in [-0.4, -0.2) is 25.2 Å². The lowest BCUT2D eigenvalue weighted by molar-refractivity contribution is 0.403. The molecule has 0 radical (unpaired) electrons. The second kappa shape index (κ2) is 8.20. The fraction of sp³-hybridized carbons (Fsp3) is 0.429. The van der Waals surface area contributed by atoms with Gasteiger partial charge in [0.1, 0.15) is 5.75 Å². The van der Waals surface area contributed by atoms with Crippen molar-refractivity contribution in [3.05, 3.63) is 42.5 Å². The molecule has 0 aliphatic rings. The van der Waals surface area contributed by atoms with E-state index in [1.54, 1.807) is 7.11 Å². The van der Waals surface area contributed by atoms with E-state index in [4.69, 9.17) is 4.74 Å². The van der Waals surface area contributed by atoms with Crippen LogP contribution >= 0.6 is 11.8 Å². The molecule has 0 heterocycles. The minimum Gasteiger partial charge on any atom is -0.496 e. The number of rotatable bonds is 8. The Morgan fingerprint density at radius 3 is 2.88 bits per heavy atom. The highest BCUT2D eigenvalue weighted by Crippen LogP contribution is 2.27. The van der Waals surface area contributed by atoms with Crippen LogP contribution in [0.1, 0.15) is 18.5 Å². The second-order valence-corrected chi connectivity index (χ2v) is 4.75. The molecule has 1 atom stereocenters. The lowest BCUT2D eigenvalue weighted by Gasteiger charge is -2.20. The number of hydrogen-bond donors (Lipinski definition) is 1. The molecule has 1 N–H and O–H groups in total. The fourth-order valence-corrected chi connectivity index (χ4v) is 2.56. The van der Waals surface area contributed by atoms with Crippen molar-refractivity contribution >= 4 is 11.8 Å². The molecule has 0 bridgehead atoms. The van der Waals surface area contributed by atoms with Crippen LogP contribution in [0.25, 0.3) is 0 Å². The molecule has 0 aliphatic heterocycles. The zero-order valence-electron chi connectivity index (χ0n) is 10.6. The van der Waals surface area contributed by atoms with Crippen LogP contribution in [0.4, 0.5) is 0 Å². The summed E-state index contributed by atoms with van der Waals surface area (Å²) < 4.78 is 5.41. The Hall–Kier alpha value is -0.930. The molecular formula is C14H21NOS. The van der Waals surface area contributed by atoms with Gasteiger partial charge in [0.05, 0.1) is 7.11 Å². The summed E-state index contributed by atoms with van der Waals surface area (Å²) in [4.78, 5) is 0. The first-order valence-electron chi connectivity index (χ1n) is 5.88. The summed E-state index contributed by atoms with van der Waals surface area (Å²) in [6.45, 7) is 6.83. The van der Waals surface area contributed by atoms with Crippen LogP contribution < -0.4 is 10.1 Å². The first-order valence-corrected chi connectivity index (χ1v) is 7.03. The third-order valence-corrected chi connectivity index (χ3v) is 3.53. The second-order valence-electron chi connectivity index (χ2n) is 3.68. The van der Waals surface area contributed by atoms with Gasteiger partial charge < -0.3 is 10.1 Å². The Balaban J connectivity index is 2.76. The SMILES string of the molecule is C=CCSCC(NCC)c1ccccc1OC. The van der Waals surface area contributed by atoms with Crippen molar-refractivity contribution in [2.24, 2.45) is 0 Å². The monoisotopic (exact) mass is 251 g/mol. The van der Waals surface area contributed by atoms with Gasteiger partial charge in [0, 0.05) is 23.1 Å². The maximum atomic E-state index is 5.41. The van der Waals surface area contributed by atoms with Crippen molar-refractivity contribution in [2.75, 3.05) is 25.2 Å². The normalized spacial score (nSPS) is 12.1. The Kier molecular flexibility index (Phi) is 6.82. The lowest BCUT2D eigenvalue weighted by Crippen LogP contribution is -2.23. The number of methoxy groups -OCH3 is 1. The molecule has 3 heteroatoms. The summed E-state index contributed by atoms with van der Waals surface area (Å²) >= 11 is 1.88. The molecule has 0 saturated heterocycles. The predicted octanol–water partition coefficient (Wildman–Crippen LogP) is 3.27. The summed E-state index contributed by atoms with van der Waals surface area (Å²) in [5.41, 5.74) is 1.23. The molecule has 1 aromatic rings. The maximum absolute atomic E-state index is 5.41. The van der Waals surface area contributed by atoms with Gasteiger partial charge >= 0.3 is 0 Å². The number of thioether (sulfide) groups is 1. The Bertz CT molecular complexity index is 341. The van der Waals surface area contributed by atoms with Crippen LogP contribution in [-0.2, 0) is 0 Å². The van der Waals surface area contributed by atoms with Crippen molar-refractivity contribution in [3.8, 4) is 5.75 Å². The van der Waals surface area contributed by atoms with Gasteiger partial charge in [-0.25, -0.2) is 0 Å². The predicted molar refractivity (Wildman–Crippen MR) is 76.9 cm³/mol. The van der Waals surface area contributed by atoms with Crippen LogP contribution in [0.2, 0.25) is 0 Å². The molecule has 0 fully saturated rings. The van der Waals surface area contributed by atoms with E-state index in [-0.39, 0.29) is 0 Å². The minimum atomic E-state index is 0.334. The van der Waals surface area contributed by atoms with E-state index in [9.17, 15) is 0 Å². The molecule has 17 heavy (non-hydrogen) atoms. The van der Waals surface area contributed by atoms with Crippen LogP contribution in [0.5, 0.6) is 5.75 Å². The molecule has 0 saturated carbocycles. The Morgan fingerprint density at radius 1 is 1.47 bits per heavy atom. The van der Waals surface area contributed by atoms with E-state index in [1.807, 2.05) is 30.0 Å². The third-order valence-electron chi connectivity index (χ3n) is 2.49. The highest BCUT2D eigenvalue weighted by molar-refractivity contribution is 7.99. The van der Waals surface area contributed by atoms with Gasteiger partial charge in [-0.2, -0.15) is 11.8 Å². The Labute approximate surface area is 108 Å². The first-order chi connectivity index (χ1) is 8.33. The van der Waals surface area contributed by atoms with Gasteiger partial charge in [-0.05, 0) is 12.6 Å². The fourth-order valence-electron chi connectivity index (χ4n) is 1.73. The van der Waals surface area contributed by atoms with E-state index in [2.05, 4.69) is 31.0 Å². The highest BCUT2D eigenvalue weighted by Gasteiger charge is 2.14. The number of ether oxygens (including phenoxy) is 1. The molecule has 0 aliphatic carbocycles. The first kappa shape index (κ1) is 14.1.